The molecule has 2 fully saturated rings. The molecule has 1 spiro atoms. The van der Waals surface area contributed by atoms with Crippen molar-refractivity contribution >= 4 is 5.91 Å². The number of rotatable bonds is 4. The first-order valence-electron chi connectivity index (χ1n) is 8.23. The van der Waals surface area contributed by atoms with Gasteiger partial charge in [0, 0.05) is 13.1 Å². The maximum absolute atomic E-state index is 12.6. The van der Waals surface area contributed by atoms with Gasteiger partial charge < -0.3 is 14.7 Å². The molecule has 1 aromatic rings. The Morgan fingerprint density at radius 3 is 2.50 bits per heavy atom. The molecule has 1 N–H and O–H groups in total. The first-order chi connectivity index (χ1) is 10.7. The highest BCUT2D eigenvalue weighted by molar-refractivity contribution is 5.85. The van der Waals surface area contributed by atoms with Gasteiger partial charge in [-0.05, 0) is 55.7 Å². The molecule has 120 valence electrons. The number of ether oxygens (including phenoxy) is 1. The normalized spacial score (nSPS) is 28.4. The molecule has 2 aliphatic rings. The van der Waals surface area contributed by atoms with E-state index >= 15 is 0 Å². The van der Waals surface area contributed by atoms with Gasteiger partial charge in [0.15, 0.2) is 0 Å². The fourth-order valence-electron chi connectivity index (χ4n) is 4.07. The minimum absolute atomic E-state index is 0.0658. The van der Waals surface area contributed by atoms with Crippen LogP contribution in [-0.4, -0.2) is 42.7 Å². The molecule has 0 radical (unpaired) electrons. The smallest absolute Gasteiger partial charge is 0.228 e. The lowest BCUT2D eigenvalue weighted by molar-refractivity contribution is -0.138. The Morgan fingerprint density at radius 1 is 1.23 bits per heavy atom. The van der Waals surface area contributed by atoms with Crippen molar-refractivity contribution in [3.8, 4) is 5.75 Å². The van der Waals surface area contributed by atoms with Crippen molar-refractivity contribution in [1.82, 2.24) is 4.90 Å². The van der Waals surface area contributed by atoms with Gasteiger partial charge in [-0.15, -0.1) is 0 Å². The minimum Gasteiger partial charge on any atom is -0.497 e. The number of methoxy groups -OCH3 is 1. The molecular formula is C18H25NO3. The zero-order chi connectivity index (χ0) is 15.6. The summed E-state index contributed by atoms with van der Waals surface area (Å²) in [5.41, 5.74) is 1.21. The molecule has 1 amide bonds. The third-order valence-corrected chi connectivity index (χ3v) is 5.50. The molecule has 1 heterocycles. The van der Waals surface area contributed by atoms with Crippen LogP contribution < -0.4 is 4.74 Å². The summed E-state index contributed by atoms with van der Waals surface area (Å²) in [6, 6.07) is 8.33. The van der Waals surface area contributed by atoms with E-state index in [1.54, 1.807) is 7.11 Å². The van der Waals surface area contributed by atoms with Gasteiger partial charge in [-0.1, -0.05) is 12.1 Å². The van der Waals surface area contributed by atoms with Crippen molar-refractivity contribution in [3.05, 3.63) is 29.8 Å². The van der Waals surface area contributed by atoms with E-state index in [-0.39, 0.29) is 17.9 Å². The summed E-state index contributed by atoms with van der Waals surface area (Å²) < 4.78 is 5.21. The lowest BCUT2D eigenvalue weighted by atomic mass is 9.68. The largest absolute Gasteiger partial charge is 0.497 e. The Labute approximate surface area is 132 Å². The van der Waals surface area contributed by atoms with E-state index in [1.165, 1.54) is 5.56 Å². The second-order valence-corrected chi connectivity index (χ2v) is 6.59. The van der Waals surface area contributed by atoms with Gasteiger partial charge in [-0.2, -0.15) is 0 Å². The van der Waals surface area contributed by atoms with Crippen LogP contribution in [0.5, 0.6) is 5.75 Å². The van der Waals surface area contributed by atoms with Crippen molar-refractivity contribution in [3.63, 3.8) is 0 Å². The van der Waals surface area contributed by atoms with Gasteiger partial charge in [0.05, 0.1) is 19.1 Å². The SMILES string of the molecule is COc1ccc(C2CCC3(CC2)CCN(CCO)C3=O)cc1. The number of aliphatic hydroxyl groups excluding tert-OH is 1. The van der Waals surface area contributed by atoms with E-state index in [0.717, 1.165) is 44.4 Å². The van der Waals surface area contributed by atoms with Crippen molar-refractivity contribution in [2.45, 2.75) is 38.0 Å². The summed E-state index contributed by atoms with van der Waals surface area (Å²) in [7, 11) is 1.68. The Kier molecular flexibility index (Phi) is 4.39. The van der Waals surface area contributed by atoms with E-state index < -0.39 is 0 Å². The summed E-state index contributed by atoms with van der Waals surface area (Å²) in [4.78, 5) is 14.4. The predicted octanol–water partition coefficient (Wildman–Crippen LogP) is 2.56. The van der Waals surface area contributed by atoms with Crippen molar-refractivity contribution in [2.75, 3.05) is 26.8 Å². The number of carbonyl (C=O) groups is 1. The lowest BCUT2D eigenvalue weighted by Crippen LogP contribution is -2.38. The van der Waals surface area contributed by atoms with Crippen LogP contribution in [0.4, 0.5) is 0 Å². The fraction of sp³-hybridized carbons (Fsp3) is 0.611. The van der Waals surface area contributed by atoms with E-state index in [9.17, 15) is 4.79 Å². The fourth-order valence-corrected chi connectivity index (χ4v) is 4.07. The second-order valence-electron chi connectivity index (χ2n) is 6.59. The van der Waals surface area contributed by atoms with Crippen molar-refractivity contribution in [1.29, 1.82) is 0 Å². The first kappa shape index (κ1) is 15.3. The van der Waals surface area contributed by atoms with Crippen LogP contribution in [0.15, 0.2) is 24.3 Å². The van der Waals surface area contributed by atoms with E-state index in [2.05, 4.69) is 12.1 Å². The number of carbonyl (C=O) groups excluding carboxylic acids is 1. The zero-order valence-electron chi connectivity index (χ0n) is 13.3. The van der Waals surface area contributed by atoms with Crippen LogP contribution in [0.3, 0.4) is 0 Å². The van der Waals surface area contributed by atoms with E-state index in [0.29, 0.717) is 12.5 Å². The van der Waals surface area contributed by atoms with Gasteiger partial charge in [0.2, 0.25) is 5.91 Å². The summed E-state index contributed by atoms with van der Waals surface area (Å²) in [6.45, 7) is 1.37. The Balaban J connectivity index is 1.63. The summed E-state index contributed by atoms with van der Waals surface area (Å²) in [5, 5.41) is 9.06. The number of nitrogens with zero attached hydrogens (tertiary/aromatic N) is 1. The van der Waals surface area contributed by atoms with Gasteiger partial charge in [0.1, 0.15) is 5.75 Å². The molecular weight excluding hydrogens is 278 g/mol. The monoisotopic (exact) mass is 303 g/mol. The van der Waals surface area contributed by atoms with Crippen LogP contribution in [0.1, 0.15) is 43.6 Å². The highest BCUT2D eigenvalue weighted by Gasteiger charge is 2.48. The number of hydrogen-bond acceptors (Lipinski definition) is 3. The van der Waals surface area contributed by atoms with E-state index in [4.69, 9.17) is 9.84 Å². The predicted molar refractivity (Wildman–Crippen MR) is 84.9 cm³/mol. The molecule has 0 atom stereocenters. The standard InChI is InChI=1S/C18H25NO3/c1-22-16-4-2-14(3-5-16)15-6-8-18(9-7-15)10-11-19(12-13-20)17(18)21/h2-5,15,20H,6-13H2,1H3. The molecule has 1 aromatic carbocycles. The Bertz CT molecular complexity index is 518. The highest BCUT2D eigenvalue weighted by Crippen LogP contribution is 2.48. The molecule has 4 nitrogen and oxygen atoms in total. The van der Waals surface area contributed by atoms with Crippen molar-refractivity contribution in [2.24, 2.45) is 5.41 Å². The lowest BCUT2D eigenvalue weighted by Gasteiger charge is -2.36. The summed E-state index contributed by atoms with van der Waals surface area (Å²) in [6.07, 6.45) is 5.06. The number of β-amino-alcohol motifs (C(OH)–C–C–N with tert-alkyl or cyclic N) is 1. The maximum atomic E-state index is 12.6. The first-order valence-corrected chi connectivity index (χ1v) is 8.23. The van der Waals surface area contributed by atoms with Crippen LogP contribution in [0.2, 0.25) is 0 Å². The van der Waals surface area contributed by atoms with Crippen LogP contribution in [0.25, 0.3) is 0 Å². The topological polar surface area (TPSA) is 49.8 Å². The summed E-state index contributed by atoms with van der Waals surface area (Å²) >= 11 is 0. The average Bonchev–Trinajstić information content (AvgIpc) is 2.86. The highest BCUT2D eigenvalue weighted by atomic mass is 16.5. The maximum Gasteiger partial charge on any atom is 0.228 e. The minimum atomic E-state index is -0.141. The number of hydrogen-bond donors (Lipinski definition) is 1. The number of benzene rings is 1. The Morgan fingerprint density at radius 2 is 1.91 bits per heavy atom. The number of likely N-dealkylation sites (tertiary alicyclic amines) is 1. The van der Waals surface area contributed by atoms with Gasteiger partial charge in [-0.25, -0.2) is 0 Å². The van der Waals surface area contributed by atoms with Gasteiger partial charge >= 0.3 is 0 Å². The molecule has 0 unspecified atom stereocenters. The molecule has 22 heavy (non-hydrogen) atoms. The second kappa shape index (κ2) is 6.29. The summed E-state index contributed by atoms with van der Waals surface area (Å²) in [5.74, 6) is 1.72. The molecule has 0 bridgehead atoms. The quantitative estimate of drug-likeness (QED) is 0.930. The third kappa shape index (κ3) is 2.72. The molecule has 0 aromatic heterocycles. The Hall–Kier alpha value is -1.55. The third-order valence-electron chi connectivity index (χ3n) is 5.50. The molecule has 1 aliphatic heterocycles. The van der Waals surface area contributed by atoms with Crippen LogP contribution in [-0.2, 0) is 4.79 Å². The molecule has 1 saturated carbocycles. The number of amides is 1. The molecule has 4 heteroatoms. The average molecular weight is 303 g/mol. The van der Waals surface area contributed by atoms with E-state index in [1.807, 2.05) is 17.0 Å². The van der Waals surface area contributed by atoms with Gasteiger partial charge in [0.25, 0.3) is 0 Å². The van der Waals surface area contributed by atoms with Crippen molar-refractivity contribution < 1.29 is 14.6 Å². The van der Waals surface area contributed by atoms with Gasteiger partial charge in [-0.3, -0.25) is 4.79 Å². The number of aliphatic hydroxyl groups is 1. The molecule has 1 saturated heterocycles. The molecule has 1 aliphatic carbocycles. The molecule has 3 rings (SSSR count). The zero-order valence-corrected chi connectivity index (χ0v) is 13.3. The van der Waals surface area contributed by atoms with Crippen LogP contribution in [0, 0.1) is 5.41 Å². The van der Waals surface area contributed by atoms with Crippen LogP contribution >= 0.6 is 0 Å².